The zero-order valence-corrected chi connectivity index (χ0v) is 19.0. The third-order valence-corrected chi connectivity index (χ3v) is 6.39. The lowest BCUT2D eigenvalue weighted by Gasteiger charge is -2.08. The van der Waals surface area contributed by atoms with Crippen molar-refractivity contribution in [1.29, 1.82) is 0 Å². The van der Waals surface area contributed by atoms with E-state index in [1.54, 1.807) is 30.3 Å². The Labute approximate surface area is 196 Å². The van der Waals surface area contributed by atoms with Gasteiger partial charge in [0.15, 0.2) is 0 Å². The van der Waals surface area contributed by atoms with E-state index < -0.39 is 11.9 Å². The number of thiophene rings is 1. The Morgan fingerprint density at radius 1 is 0.968 bits per heavy atom. The van der Waals surface area contributed by atoms with E-state index in [4.69, 9.17) is 4.74 Å². The number of carbonyl (C=O) groups is 2. The maximum absolute atomic E-state index is 12.6. The summed E-state index contributed by atoms with van der Waals surface area (Å²) in [5.74, 6) is -0.289. The average Bonchev–Trinajstić information content (AvgIpc) is 3.20. The van der Waals surface area contributed by atoms with E-state index in [9.17, 15) is 14.7 Å². The first-order valence-corrected chi connectivity index (χ1v) is 11.2. The van der Waals surface area contributed by atoms with Crippen molar-refractivity contribution in [1.82, 2.24) is 5.32 Å². The molecule has 0 aliphatic heterocycles. The standard InChI is InChI=1S/C24H16INO4S/c25-18-6-2-3-7-20(18)30-17-11-9-15(10-12-17)13-19(24(28)29)26-23(27)22-14-16-5-1-4-8-21(16)31-22/h1-14H,(H,26,27)(H,28,29)/b19-13+. The smallest absolute Gasteiger partial charge is 0.352 e. The molecule has 5 nitrogen and oxygen atoms in total. The van der Waals surface area contributed by atoms with Crippen LogP contribution < -0.4 is 10.1 Å². The van der Waals surface area contributed by atoms with Crippen LogP contribution in [0.25, 0.3) is 16.2 Å². The van der Waals surface area contributed by atoms with E-state index in [0.717, 1.165) is 19.4 Å². The third-order valence-electron chi connectivity index (χ3n) is 4.38. The fraction of sp³-hybridized carbons (Fsp3) is 0. The van der Waals surface area contributed by atoms with E-state index in [0.29, 0.717) is 16.2 Å². The van der Waals surface area contributed by atoms with Crippen molar-refractivity contribution in [2.24, 2.45) is 0 Å². The van der Waals surface area contributed by atoms with Crippen LogP contribution in [0.15, 0.2) is 84.6 Å². The number of ether oxygens (including phenoxy) is 1. The van der Waals surface area contributed by atoms with E-state index in [1.165, 1.54) is 17.4 Å². The molecule has 4 rings (SSSR count). The van der Waals surface area contributed by atoms with Crippen molar-refractivity contribution >= 4 is 62.0 Å². The minimum absolute atomic E-state index is 0.200. The molecule has 0 fully saturated rings. The second kappa shape index (κ2) is 9.32. The van der Waals surface area contributed by atoms with E-state index in [2.05, 4.69) is 27.9 Å². The Balaban J connectivity index is 1.51. The highest BCUT2D eigenvalue weighted by Gasteiger charge is 2.15. The van der Waals surface area contributed by atoms with E-state index >= 15 is 0 Å². The number of hydrogen-bond donors (Lipinski definition) is 2. The van der Waals surface area contributed by atoms with Crippen LogP contribution in [0.5, 0.6) is 11.5 Å². The highest BCUT2D eigenvalue weighted by atomic mass is 127. The molecule has 0 aliphatic carbocycles. The van der Waals surface area contributed by atoms with Gasteiger partial charge in [-0.2, -0.15) is 0 Å². The summed E-state index contributed by atoms with van der Waals surface area (Å²) in [7, 11) is 0. The number of carboxylic acid groups (broad SMARTS) is 1. The number of para-hydroxylation sites is 1. The predicted molar refractivity (Wildman–Crippen MR) is 131 cm³/mol. The summed E-state index contributed by atoms with van der Waals surface area (Å²) in [6.45, 7) is 0. The molecule has 0 radical (unpaired) electrons. The van der Waals surface area contributed by atoms with Crippen LogP contribution in [-0.2, 0) is 4.79 Å². The minimum atomic E-state index is -1.21. The minimum Gasteiger partial charge on any atom is -0.477 e. The zero-order chi connectivity index (χ0) is 21.8. The van der Waals surface area contributed by atoms with Gasteiger partial charge in [0.2, 0.25) is 0 Å². The number of hydrogen-bond acceptors (Lipinski definition) is 4. The van der Waals surface area contributed by atoms with Gasteiger partial charge in [-0.25, -0.2) is 4.79 Å². The van der Waals surface area contributed by atoms with E-state index in [-0.39, 0.29) is 5.70 Å². The quantitative estimate of drug-likeness (QED) is 0.227. The zero-order valence-electron chi connectivity index (χ0n) is 16.0. The molecule has 1 aromatic heterocycles. The number of rotatable bonds is 6. The van der Waals surface area contributed by atoms with Crippen LogP contribution >= 0.6 is 33.9 Å². The Kier molecular flexibility index (Phi) is 6.34. The Hall–Kier alpha value is -3.17. The lowest BCUT2D eigenvalue weighted by molar-refractivity contribution is -0.132. The average molecular weight is 541 g/mol. The highest BCUT2D eigenvalue weighted by Crippen LogP contribution is 2.27. The number of carboxylic acids is 1. The molecule has 0 atom stereocenters. The fourth-order valence-corrected chi connectivity index (χ4v) is 4.34. The summed E-state index contributed by atoms with van der Waals surface area (Å²) >= 11 is 3.52. The van der Waals surface area contributed by atoms with Gasteiger partial charge in [-0.1, -0.05) is 42.5 Å². The third kappa shape index (κ3) is 5.12. The predicted octanol–water partition coefficient (Wildman–Crippen LogP) is 6.15. The summed E-state index contributed by atoms with van der Waals surface area (Å²) in [6.07, 6.45) is 1.42. The first-order valence-electron chi connectivity index (χ1n) is 9.27. The molecule has 4 aromatic rings. The normalized spacial score (nSPS) is 11.3. The van der Waals surface area contributed by atoms with Crippen LogP contribution in [0.3, 0.4) is 0 Å². The molecular weight excluding hydrogens is 525 g/mol. The molecule has 0 saturated carbocycles. The van der Waals surface area contributed by atoms with Gasteiger partial charge in [-0.15, -0.1) is 11.3 Å². The lowest BCUT2D eigenvalue weighted by atomic mass is 10.2. The van der Waals surface area contributed by atoms with Crippen molar-refractivity contribution in [2.75, 3.05) is 0 Å². The number of benzene rings is 3. The second-order valence-corrected chi connectivity index (χ2v) is 8.81. The van der Waals surface area contributed by atoms with Crippen molar-refractivity contribution in [2.45, 2.75) is 0 Å². The molecule has 1 heterocycles. The number of amides is 1. The second-order valence-electron chi connectivity index (χ2n) is 6.57. The molecule has 0 bridgehead atoms. The molecule has 1 amide bonds. The van der Waals surface area contributed by atoms with Gasteiger partial charge in [0.05, 0.1) is 8.45 Å². The molecule has 2 N–H and O–H groups in total. The maximum Gasteiger partial charge on any atom is 0.352 e. The van der Waals surface area contributed by atoms with Crippen molar-refractivity contribution in [3.8, 4) is 11.5 Å². The highest BCUT2D eigenvalue weighted by molar-refractivity contribution is 14.1. The van der Waals surface area contributed by atoms with Gasteiger partial charge >= 0.3 is 5.97 Å². The summed E-state index contributed by atoms with van der Waals surface area (Å²) in [5, 5.41) is 13.0. The Morgan fingerprint density at radius 2 is 1.68 bits per heavy atom. The van der Waals surface area contributed by atoms with Crippen LogP contribution in [0.2, 0.25) is 0 Å². The summed E-state index contributed by atoms with van der Waals surface area (Å²) < 4.78 is 7.81. The van der Waals surface area contributed by atoms with Gasteiger partial charge in [0, 0.05) is 4.70 Å². The van der Waals surface area contributed by atoms with Gasteiger partial charge in [-0.3, -0.25) is 4.79 Å². The van der Waals surface area contributed by atoms with Gasteiger partial charge in [0.1, 0.15) is 17.2 Å². The van der Waals surface area contributed by atoms with Crippen molar-refractivity contribution < 1.29 is 19.4 Å². The van der Waals surface area contributed by atoms with Crippen LogP contribution in [0.1, 0.15) is 15.2 Å². The van der Waals surface area contributed by atoms with Crippen LogP contribution in [-0.4, -0.2) is 17.0 Å². The number of nitrogens with one attached hydrogen (secondary N) is 1. The van der Waals surface area contributed by atoms with Gasteiger partial charge in [-0.05, 0) is 76.0 Å². The monoisotopic (exact) mass is 541 g/mol. The maximum atomic E-state index is 12.6. The molecule has 0 aliphatic rings. The van der Waals surface area contributed by atoms with Crippen molar-refractivity contribution in [3.63, 3.8) is 0 Å². The SMILES string of the molecule is O=C(O)/C(=C\c1ccc(Oc2ccccc2I)cc1)NC(=O)c1cc2ccccc2s1. The van der Waals surface area contributed by atoms with Crippen LogP contribution in [0.4, 0.5) is 0 Å². The Morgan fingerprint density at radius 3 is 2.39 bits per heavy atom. The molecule has 0 saturated heterocycles. The molecule has 31 heavy (non-hydrogen) atoms. The molecule has 7 heteroatoms. The molecular formula is C24H16INO4S. The first kappa shape index (κ1) is 21.1. The topological polar surface area (TPSA) is 75.6 Å². The lowest BCUT2D eigenvalue weighted by Crippen LogP contribution is -2.26. The number of aliphatic carboxylic acids is 1. The van der Waals surface area contributed by atoms with Crippen molar-refractivity contribution in [3.05, 3.63) is 98.6 Å². The number of carbonyl (C=O) groups excluding carboxylic acids is 1. The first-order chi connectivity index (χ1) is 15.0. The van der Waals surface area contributed by atoms with Crippen LogP contribution in [0, 0.1) is 3.57 Å². The van der Waals surface area contributed by atoms with Gasteiger partial charge in [0.25, 0.3) is 5.91 Å². The number of fused-ring (bicyclic) bond motifs is 1. The summed E-state index contributed by atoms with van der Waals surface area (Å²) in [6, 6.07) is 24.0. The number of halogens is 1. The molecule has 154 valence electrons. The molecule has 0 spiro atoms. The van der Waals surface area contributed by atoms with Gasteiger partial charge < -0.3 is 15.2 Å². The largest absolute Gasteiger partial charge is 0.477 e. The molecule has 3 aromatic carbocycles. The summed E-state index contributed by atoms with van der Waals surface area (Å²) in [5.41, 5.74) is 0.429. The Bertz CT molecular complexity index is 1260. The fourth-order valence-electron chi connectivity index (χ4n) is 2.88. The summed E-state index contributed by atoms with van der Waals surface area (Å²) in [4.78, 5) is 24.7. The molecule has 0 unspecified atom stereocenters. The van der Waals surface area contributed by atoms with E-state index in [1.807, 2.05) is 48.5 Å².